The van der Waals surface area contributed by atoms with Crippen molar-refractivity contribution in [3.05, 3.63) is 88.0 Å². The van der Waals surface area contributed by atoms with Crippen LogP contribution in [0, 0.1) is 5.82 Å². The molecule has 172 valence electrons. The normalized spacial score (nSPS) is 11.9. The fourth-order valence-corrected chi connectivity index (χ4v) is 3.26. The number of nitrogens with zero attached hydrogens (tertiary/aromatic N) is 7. The topological polar surface area (TPSA) is 105 Å². The Morgan fingerprint density at radius 1 is 0.971 bits per heavy atom. The fraction of sp³-hybridized carbons (Fsp3) is 0.143. The first kappa shape index (κ1) is 21.4. The molecule has 0 spiro atoms. The highest BCUT2D eigenvalue weighted by molar-refractivity contribution is 5.67. The molecular formula is C21H13F4N7O2. The van der Waals surface area contributed by atoms with Crippen LogP contribution in [-0.4, -0.2) is 34.7 Å². The van der Waals surface area contributed by atoms with Crippen LogP contribution in [0.1, 0.15) is 17.0 Å². The van der Waals surface area contributed by atoms with Crippen LogP contribution >= 0.6 is 0 Å². The van der Waals surface area contributed by atoms with E-state index in [0.29, 0.717) is 5.56 Å². The largest absolute Gasteiger partial charge is 0.416 e. The molecule has 2 aromatic carbocycles. The molecule has 0 aliphatic carbocycles. The van der Waals surface area contributed by atoms with Crippen molar-refractivity contribution in [1.82, 2.24) is 34.7 Å². The van der Waals surface area contributed by atoms with Gasteiger partial charge in [-0.05, 0) is 29.8 Å². The average Bonchev–Trinajstić information content (AvgIpc) is 3.44. The molecule has 9 nitrogen and oxygen atoms in total. The minimum Gasteiger partial charge on any atom is -0.337 e. The van der Waals surface area contributed by atoms with Gasteiger partial charge in [-0.1, -0.05) is 34.6 Å². The second-order valence-electron chi connectivity index (χ2n) is 7.31. The van der Waals surface area contributed by atoms with Gasteiger partial charge in [0.25, 0.3) is 5.56 Å². The number of hydrogen-bond acceptors (Lipinski definition) is 7. The highest BCUT2D eigenvalue weighted by Gasteiger charge is 2.30. The third-order valence-corrected chi connectivity index (χ3v) is 4.98. The zero-order valence-electron chi connectivity index (χ0n) is 17.1. The van der Waals surface area contributed by atoms with Gasteiger partial charge in [-0.2, -0.15) is 18.2 Å². The van der Waals surface area contributed by atoms with Gasteiger partial charge in [-0.25, -0.2) is 14.1 Å². The molecule has 0 atom stereocenters. The summed E-state index contributed by atoms with van der Waals surface area (Å²) in [5, 5.41) is 11.6. The van der Waals surface area contributed by atoms with E-state index < -0.39 is 17.3 Å². The molecule has 0 bridgehead atoms. The zero-order chi connectivity index (χ0) is 23.9. The second-order valence-corrected chi connectivity index (χ2v) is 7.31. The van der Waals surface area contributed by atoms with Gasteiger partial charge in [0.05, 0.1) is 12.1 Å². The van der Waals surface area contributed by atoms with Crippen molar-refractivity contribution < 1.29 is 22.1 Å². The number of hydrogen-bond donors (Lipinski definition) is 0. The number of aromatic nitrogens is 7. The predicted molar refractivity (Wildman–Crippen MR) is 109 cm³/mol. The van der Waals surface area contributed by atoms with Gasteiger partial charge in [-0.3, -0.25) is 9.36 Å². The van der Waals surface area contributed by atoms with Crippen LogP contribution in [0.25, 0.3) is 22.6 Å². The SMILES string of the molecule is O=c1c2nnn(Cc3ccc(F)cc3)c2ncn1Cc1nc(-c2ccc(C(F)(F)F)cc2)no1. The molecule has 0 radical (unpaired) electrons. The van der Waals surface area contributed by atoms with Crippen molar-refractivity contribution in [2.75, 3.05) is 0 Å². The number of fused-ring (bicyclic) bond motifs is 1. The molecule has 0 amide bonds. The van der Waals surface area contributed by atoms with Gasteiger partial charge in [0.15, 0.2) is 11.2 Å². The van der Waals surface area contributed by atoms with Gasteiger partial charge in [0, 0.05) is 5.56 Å². The molecular weight excluding hydrogens is 458 g/mol. The summed E-state index contributed by atoms with van der Waals surface area (Å²) in [6, 6.07) is 10.1. The Bertz CT molecular complexity index is 1520. The van der Waals surface area contributed by atoms with Crippen molar-refractivity contribution in [3.63, 3.8) is 0 Å². The first-order valence-electron chi connectivity index (χ1n) is 9.81. The molecule has 0 N–H and O–H groups in total. The lowest BCUT2D eigenvalue weighted by atomic mass is 10.1. The summed E-state index contributed by atoms with van der Waals surface area (Å²) < 4.78 is 59.0. The Labute approximate surface area is 187 Å². The lowest BCUT2D eigenvalue weighted by molar-refractivity contribution is -0.137. The van der Waals surface area contributed by atoms with E-state index >= 15 is 0 Å². The van der Waals surface area contributed by atoms with Crippen LogP contribution in [0.3, 0.4) is 0 Å². The van der Waals surface area contributed by atoms with Crippen LogP contribution in [0.15, 0.2) is 64.2 Å². The molecule has 13 heteroatoms. The van der Waals surface area contributed by atoms with E-state index in [1.165, 1.54) is 39.8 Å². The fourth-order valence-electron chi connectivity index (χ4n) is 3.26. The molecule has 0 aliphatic rings. The number of halogens is 4. The highest BCUT2D eigenvalue weighted by Crippen LogP contribution is 2.30. The molecule has 5 rings (SSSR count). The van der Waals surface area contributed by atoms with Gasteiger partial charge in [0.2, 0.25) is 11.7 Å². The summed E-state index contributed by atoms with van der Waals surface area (Å²) in [6.45, 7) is 0.119. The van der Waals surface area contributed by atoms with Crippen molar-refractivity contribution in [3.8, 4) is 11.4 Å². The van der Waals surface area contributed by atoms with E-state index in [2.05, 4.69) is 25.4 Å². The van der Waals surface area contributed by atoms with Crippen LogP contribution in [0.5, 0.6) is 0 Å². The first-order chi connectivity index (χ1) is 16.3. The van der Waals surface area contributed by atoms with Gasteiger partial charge in [-0.15, -0.1) is 5.10 Å². The number of rotatable bonds is 5. The molecule has 34 heavy (non-hydrogen) atoms. The third kappa shape index (κ3) is 4.14. The van der Waals surface area contributed by atoms with Crippen LogP contribution in [0.2, 0.25) is 0 Å². The van der Waals surface area contributed by atoms with E-state index in [1.807, 2.05) is 0 Å². The lowest BCUT2D eigenvalue weighted by Crippen LogP contribution is -2.21. The summed E-state index contributed by atoms with van der Waals surface area (Å²) in [7, 11) is 0. The Kier molecular flexibility index (Phi) is 5.15. The summed E-state index contributed by atoms with van der Waals surface area (Å²) in [5.74, 6) is -0.233. The maximum Gasteiger partial charge on any atom is 0.416 e. The van der Waals surface area contributed by atoms with Gasteiger partial charge < -0.3 is 4.52 Å². The van der Waals surface area contributed by atoms with E-state index in [0.717, 1.165) is 17.7 Å². The minimum absolute atomic E-state index is 0.0205. The van der Waals surface area contributed by atoms with Gasteiger partial charge in [0.1, 0.15) is 18.7 Å². The molecule has 0 saturated carbocycles. The average molecular weight is 471 g/mol. The van der Waals surface area contributed by atoms with Crippen molar-refractivity contribution >= 4 is 11.2 Å². The Balaban J connectivity index is 1.36. The lowest BCUT2D eigenvalue weighted by Gasteiger charge is -2.05. The Hall–Kier alpha value is -4.42. The van der Waals surface area contributed by atoms with Crippen molar-refractivity contribution in [2.45, 2.75) is 19.3 Å². The summed E-state index contributed by atoms with van der Waals surface area (Å²) >= 11 is 0. The van der Waals surface area contributed by atoms with E-state index in [-0.39, 0.29) is 41.8 Å². The maximum absolute atomic E-state index is 13.1. The van der Waals surface area contributed by atoms with Crippen LogP contribution in [0.4, 0.5) is 17.6 Å². The maximum atomic E-state index is 13.1. The number of alkyl halides is 3. The van der Waals surface area contributed by atoms with Crippen LogP contribution < -0.4 is 5.56 Å². The quantitative estimate of drug-likeness (QED) is 0.362. The molecule has 0 unspecified atom stereocenters. The molecule has 3 aromatic heterocycles. The summed E-state index contributed by atoms with van der Waals surface area (Å²) in [6.07, 6.45) is -3.17. The minimum atomic E-state index is -4.45. The van der Waals surface area contributed by atoms with Crippen molar-refractivity contribution in [2.24, 2.45) is 0 Å². The Morgan fingerprint density at radius 3 is 2.41 bits per heavy atom. The van der Waals surface area contributed by atoms with E-state index in [9.17, 15) is 22.4 Å². The van der Waals surface area contributed by atoms with Crippen molar-refractivity contribution in [1.29, 1.82) is 0 Å². The third-order valence-electron chi connectivity index (χ3n) is 4.98. The summed E-state index contributed by atoms with van der Waals surface area (Å²) in [4.78, 5) is 21.2. The molecule has 0 saturated heterocycles. The van der Waals surface area contributed by atoms with E-state index in [4.69, 9.17) is 4.52 Å². The summed E-state index contributed by atoms with van der Waals surface area (Å²) in [5.41, 5.74) is 0.0603. The zero-order valence-corrected chi connectivity index (χ0v) is 17.1. The molecule has 5 aromatic rings. The molecule has 3 heterocycles. The molecule has 0 fully saturated rings. The van der Waals surface area contributed by atoms with Crippen LogP contribution in [-0.2, 0) is 19.3 Å². The second kappa shape index (κ2) is 8.17. The van der Waals surface area contributed by atoms with Gasteiger partial charge >= 0.3 is 6.18 Å². The first-order valence-corrected chi connectivity index (χ1v) is 9.81. The predicted octanol–water partition coefficient (Wildman–Crippen LogP) is 3.29. The van der Waals surface area contributed by atoms with E-state index in [1.54, 1.807) is 12.1 Å². The molecule has 0 aliphatic heterocycles. The smallest absolute Gasteiger partial charge is 0.337 e. The highest BCUT2D eigenvalue weighted by atomic mass is 19.4. The Morgan fingerprint density at radius 2 is 1.71 bits per heavy atom. The number of benzene rings is 2. The standard InChI is InChI=1S/C21H13F4N7O2/c22-15-7-1-12(2-8-15)9-32-19-17(28-30-32)20(33)31(11-26-19)10-16-27-18(29-34-16)13-3-5-14(6-4-13)21(23,24)25/h1-8,11H,9-10H2. The monoisotopic (exact) mass is 471 g/mol.